The molecular formula is C25H27N2+. The second-order valence-corrected chi connectivity index (χ2v) is 7.78. The fourth-order valence-electron chi connectivity index (χ4n) is 4.67. The minimum absolute atomic E-state index is 1.09. The van der Waals surface area contributed by atoms with Crippen LogP contribution in [0.2, 0.25) is 0 Å². The molecule has 0 unspecified atom stereocenters. The summed E-state index contributed by atoms with van der Waals surface area (Å²) in [5, 5.41) is 8.35. The minimum Gasteiger partial charge on any atom is -0.229 e. The Hall–Kier alpha value is -2.61. The van der Waals surface area contributed by atoms with E-state index in [0.29, 0.717) is 0 Å². The molecule has 0 saturated heterocycles. The first-order chi connectivity index (χ1) is 13.3. The van der Waals surface area contributed by atoms with Crippen molar-refractivity contribution in [1.82, 2.24) is 4.57 Å². The van der Waals surface area contributed by atoms with Gasteiger partial charge in [-0.15, -0.1) is 0 Å². The van der Waals surface area contributed by atoms with Crippen LogP contribution in [0.25, 0.3) is 43.4 Å². The van der Waals surface area contributed by atoms with Crippen LogP contribution in [0.5, 0.6) is 0 Å². The van der Waals surface area contributed by atoms with Crippen LogP contribution in [-0.4, -0.2) is 4.57 Å². The van der Waals surface area contributed by atoms with E-state index in [-0.39, 0.29) is 0 Å². The highest BCUT2D eigenvalue weighted by Crippen LogP contribution is 2.39. The summed E-state index contributed by atoms with van der Waals surface area (Å²) < 4.78 is 5.02. The van der Waals surface area contributed by atoms with Crippen molar-refractivity contribution in [1.29, 1.82) is 0 Å². The molecule has 0 N–H and O–H groups in total. The molecule has 0 aliphatic rings. The van der Waals surface area contributed by atoms with Crippen LogP contribution in [-0.2, 0) is 13.1 Å². The van der Waals surface area contributed by atoms with Gasteiger partial charge in [-0.2, -0.15) is 0 Å². The average Bonchev–Trinajstić information content (AvgIpc) is 3.08. The Morgan fingerprint density at radius 3 is 2.15 bits per heavy atom. The van der Waals surface area contributed by atoms with Crippen molar-refractivity contribution in [2.75, 3.05) is 0 Å². The molecule has 0 aliphatic carbocycles. The van der Waals surface area contributed by atoms with E-state index in [2.05, 4.69) is 77.8 Å². The summed E-state index contributed by atoms with van der Waals surface area (Å²) in [7, 11) is 0. The molecule has 0 spiro atoms. The molecule has 2 heteroatoms. The van der Waals surface area contributed by atoms with Gasteiger partial charge in [-0.3, -0.25) is 0 Å². The topological polar surface area (TPSA) is 8.81 Å². The molecule has 0 aliphatic heterocycles. The van der Waals surface area contributed by atoms with Crippen molar-refractivity contribution in [2.45, 2.75) is 52.6 Å². The summed E-state index contributed by atoms with van der Waals surface area (Å²) in [5.41, 5.74) is 2.83. The first kappa shape index (κ1) is 16.6. The quantitative estimate of drug-likeness (QED) is 0.245. The molecule has 5 rings (SSSR count). The molecular weight excluding hydrogens is 328 g/mol. The summed E-state index contributed by atoms with van der Waals surface area (Å²) >= 11 is 0. The van der Waals surface area contributed by atoms with E-state index in [9.17, 15) is 0 Å². The fraction of sp³-hybridized carbons (Fsp3) is 0.320. The van der Waals surface area contributed by atoms with E-state index in [0.717, 1.165) is 13.1 Å². The first-order valence-corrected chi connectivity index (χ1v) is 10.4. The van der Waals surface area contributed by atoms with Crippen molar-refractivity contribution in [3.63, 3.8) is 0 Å². The molecule has 0 amide bonds. The monoisotopic (exact) mass is 355 g/mol. The van der Waals surface area contributed by atoms with Gasteiger partial charge in [0.15, 0.2) is 11.0 Å². The SMILES string of the molecule is CCCCn1c[n+](CCCC)c2c3cccc4ccc5cccc(c5c43)c21. The van der Waals surface area contributed by atoms with E-state index in [1.807, 2.05) is 0 Å². The number of aryl methyl sites for hydroxylation is 2. The predicted octanol–water partition coefficient (Wildman–Crippen LogP) is 6.43. The van der Waals surface area contributed by atoms with Crippen molar-refractivity contribution in [3.05, 3.63) is 54.9 Å². The van der Waals surface area contributed by atoms with Gasteiger partial charge in [0.1, 0.15) is 0 Å². The van der Waals surface area contributed by atoms with E-state index in [1.54, 1.807) is 0 Å². The van der Waals surface area contributed by atoms with Gasteiger partial charge < -0.3 is 0 Å². The number of rotatable bonds is 6. The summed E-state index contributed by atoms with van der Waals surface area (Å²) in [6.07, 6.45) is 7.25. The predicted molar refractivity (Wildman–Crippen MR) is 116 cm³/mol. The third-order valence-electron chi connectivity index (χ3n) is 5.98. The zero-order valence-corrected chi connectivity index (χ0v) is 16.3. The smallest absolute Gasteiger partial charge is 0.229 e. The van der Waals surface area contributed by atoms with Gasteiger partial charge in [-0.1, -0.05) is 63.1 Å². The zero-order valence-electron chi connectivity index (χ0n) is 16.3. The van der Waals surface area contributed by atoms with Crippen molar-refractivity contribution < 1.29 is 4.57 Å². The highest BCUT2D eigenvalue weighted by Gasteiger charge is 2.23. The van der Waals surface area contributed by atoms with E-state index < -0.39 is 0 Å². The van der Waals surface area contributed by atoms with Crippen LogP contribution in [0.15, 0.2) is 54.9 Å². The lowest BCUT2D eigenvalue weighted by atomic mass is 9.93. The van der Waals surface area contributed by atoms with Crippen LogP contribution in [0, 0.1) is 0 Å². The molecule has 5 aromatic rings. The second kappa shape index (κ2) is 6.53. The van der Waals surface area contributed by atoms with Crippen molar-refractivity contribution >= 4 is 43.4 Å². The number of aromatic nitrogens is 2. The molecule has 136 valence electrons. The third-order valence-corrected chi connectivity index (χ3v) is 5.98. The maximum absolute atomic E-state index is 2.51. The third kappa shape index (κ3) is 2.43. The average molecular weight is 356 g/mol. The van der Waals surface area contributed by atoms with Gasteiger partial charge in [0.05, 0.1) is 13.1 Å². The molecule has 1 heterocycles. The zero-order chi connectivity index (χ0) is 18.4. The molecule has 0 bridgehead atoms. The highest BCUT2D eigenvalue weighted by atomic mass is 15.1. The van der Waals surface area contributed by atoms with Crippen LogP contribution >= 0.6 is 0 Å². The molecule has 0 fully saturated rings. The first-order valence-electron chi connectivity index (χ1n) is 10.4. The summed E-state index contributed by atoms with van der Waals surface area (Å²) in [6, 6.07) is 18.1. The van der Waals surface area contributed by atoms with Gasteiger partial charge in [0.25, 0.3) is 0 Å². The number of nitrogens with zero attached hydrogens (tertiary/aromatic N) is 2. The lowest BCUT2D eigenvalue weighted by molar-refractivity contribution is -0.671. The number of hydrogen-bond donors (Lipinski definition) is 0. The van der Waals surface area contributed by atoms with Crippen molar-refractivity contribution in [3.8, 4) is 0 Å². The number of fused-ring (bicyclic) bond motifs is 3. The Labute approximate surface area is 160 Å². The second-order valence-electron chi connectivity index (χ2n) is 7.78. The number of benzene rings is 4. The van der Waals surface area contributed by atoms with E-state index in [1.165, 1.54) is 69.0 Å². The van der Waals surface area contributed by atoms with Gasteiger partial charge in [-0.25, -0.2) is 9.13 Å². The van der Waals surface area contributed by atoms with Crippen molar-refractivity contribution in [2.24, 2.45) is 0 Å². The Bertz CT molecular complexity index is 1150. The summed E-state index contributed by atoms with van der Waals surface area (Å²) in [6.45, 7) is 6.73. The molecule has 0 radical (unpaired) electrons. The normalized spacial score (nSPS) is 12.2. The van der Waals surface area contributed by atoms with Crippen LogP contribution in [0.3, 0.4) is 0 Å². The van der Waals surface area contributed by atoms with Crippen LogP contribution in [0.1, 0.15) is 39.5 Å². The standard InChI is InChI=1S/C25H27N2/c1-3-5-15-26-17-27(16-6-4-2)25-21-12-8-10-19-14-13-18-9-7-11-20(24(25)26)22(18)23(19)21/h7-14,17H,3-6,15-16H2,1-2H3/q+1. The molecule has 0 atom stereocenters. The number of hydrogen-bond acceptors (Lipinski definition) is 0. The summed E-state index contributed by atoms with van der Waals surface area (Å²) in [4.78, 5) is 0. The van der Waals surface area contributed by atoms with Gasteiger partial charge in [0.2, 0.25) is 6.33 Å². The molecule has 2 nitrogen and oxygen atoms in total. The lowest BCUT2D eigenvalue weighted by Crippen LogP contribution is -2.32. The molecule has 27 heavy (non-hydrogen) atoms. The summed E-state index contributed by atoms with van der Waals surface area (Å²) in [5.74, 6) is 0. The Morgan fingerprint density at radius 2 is 1.44 bits per heavy atom. The van der Waals surface area contributed by atoms with Gasteiger partial charge in [-0.05, 0) is 35.7 Å². The van der Waals surface area contributed by atoms with E-state index in [4.69, 9.17) is 0 Å². The maximum atomic E-state index is 2.51. The van der Waals surface area contributed by atoms with Crippen LogP contribution < -0.4 is 4.57 Å². The Morgan fingerprint density at radius 1 is 0.778 bits per heavy atom. The maximum Gasteiger partial charge on any atom is 0.244 e. The molecule has 0 saturated carbocycles. The molecule has 4 aromatic carbocycles. The largest absolute Gasteiger partial charge is 0.244 e. The van der Waals surface area contributed by atoms with E-state index >= 15 is 0 Å². The van der Waals surface area contributed by atoms with Gasteiger partial charge >= 0.3 is 0 Å². The fourth-order valence-corrected chi connectivity index (χ4v) is 4.67. The molecule has 1 aromatic heterocycles. The van der Waals surface area contributed by atoms with Crippen LogP contribution in [0.4, 0.5) is 0 Å². The highest BCUT2D eigenvalue weighted by molar-refractivity contribution is 6.31. The number of imidazole rings is 1. The minimum atomic E-state index is 1.09. The Balaban J connectivity index is 1.99. The lowest BCUT2D eigenvalue weighted by Gasteiger charge is -2.11. The Kier molecular flexibility index (Phi) is 4.00. The van der Waals surface area contributed by atoms with Gasteiger partial charge in [0, 0.05) is 21.5 Å². The number of unbranched alkanes of at least 4 members (excludes halogenated alkanes) is 2.